The zero-order valence-corrected chi connectivity index (χ0v) is 15.5. The van der Waals surface area contributed by atoms with E-state index in [0.717, 1.165) is 18.5 Å². The monoisotopic (exact) mass is 342 g/mol. The molecular formula is C21H30N2O2. The first kappa shape index (κ1) is 18.0. The second-order valence-corrected chi connectivity index (χ2v) is 7.76. The number of rotatable bonds is 6. The molecule has 1 aromatic rings. The molecule has 1 N–H and O–H groups in total. The molecule has 1 fully saturated rings. The molecule has 1 atom stereocenters. The van der Waals surface area contributed by atoms with Crippen molar-refractivity contribution in [2.75, 3.05) is 13.1 Å². The number of hydrogen-bond donors (Lipinski definition) is 1. The van der Waals surface area contributed by atoms with Gasteiger partial charge in [0.1, 0.15) is 0 Å². The van der Waals surface area contributed by atoms with Crippen molar-refractivity contribution in [3.05, 3.63) is 35.4 Å². The van der Waals surface area contributed by atoms with Gasteiger partial charge in [0.15, 0.2) is 0 Å². The Bertz CT molecular complexity index is 637. The molecule has 2 aliphatic rings. The van der Waals surface area contributed by atoms with E-state index < -0.39 is 0 Å². The summed E-state index contributed by atoms with van der Waals surface area (Å²) < 4.78 is 0. The summed E-state index contributed by atoms with van der Waals surface area (Å²) in [5, 5.41) is 3.17. The first-order valence-electron chi connectivity index (χ1n) is 9.66. The van der Waals surface area contributed by atoms with Crippen molar-refractivity contribution in [1.82, 2.24) is 10.2 Å². The van der Waals surface area contributed by atoms with Gasteiger partial charge in [-0.15, -0.1) is 0 Å². The van der Waals surface area contributed by atoms with Gasteiger partial charge in [0.2, 0.25) is 11.8 Å². The number of amides is 2. The number of nitrogens with zero attached hydrogens (tertiary/aromatic N) is 1. The molecule has 0 bridgehead atoms. The molecule has 1 aliphatic heterocycles. The van der Waals surface area contributed by atoms with Gasteiger partial charge < -0.3 is 10.2 Å². The number of fused-ring (bicyclic) bond motifs is 1. The second kappa shape index (κ2) is 7.59. The Morgan fingerprint density at radius 3 is 2.68 bits per heavy atom. The molecule has 0 saturated heterocycles. The van der Waals surface area contributed by atoms with Crippen LogP contribution in [-0.2, 0) is 16.0 Å². The van der Waals surface area contributed by atoms with Gasteiger partial charge in [0, 0.05) is 20.0 Å². The molecule has 0 unspecified atom stereocenters. The van der Waals surface area contributed by atoms with Crippen molar-refractivity contribution in [2.24, 2.45) is 5.41 Å². The van der Waals surface area contributed by atoms with Crippen LogP contribution in [0.1, 0.15) is 69.5 Å². The van der Waals surface area contributed by atoms with Gasteiger partial charge in [-0.1, -0.05) is 44.0 Å². The van der Waals surface area contributed by atoms with Crippen LogP contribution < -0.4 is 5.32 Å². The highest BCUT2D eigenvalue weighted by molar-refractivity contribution is 5.79. The summed E-state index contributed by atoms with van der Waals surface area (Å²) >= 11 is 0. The van der Waals surface area contributed by atoms with E-state index in [4.69, 9.17) is 0 Å². The zero-order chi connectivity index (χ0) is 17.9. The smallest absolute Gasteiger partial charge is 0.222 e. The lowest BCUT2D eigenvalue weighted by Gasteiger charge is -2.42. The molecule has 1 aliphatic carbocycles. The van der Waals surface area contributed by atoms with Gasteiger partial charge in [-0.05, 0) is 42.2 Å². The summed E-state index contributed by atoms with van der Waals surface area (Å²) in [6.45, 7) is 5.30. The maximum atomic E-state index is 12.6. The number of carbonyl (C=O) groups excluding carboxylic acids is 2. The third kappa shape index (κ3) is 3.88. The van der Waals surface area contributed by atoms with Gasteiger partial charge in [0.25, 0.3) is 0 Å². The Morgan fingerprint density at radius 2 is 2.04 bits per heavy atom. The number of nitrogens with one attached hydrogen (secondary N) is 1. The van der Waals surface area contributed by atoms with Crippen LogP contribution in [0.3, 0.4) is 0 Å². The summed E-state index contributed by atoms with van der Waals surface area (Å²) in [7, 11) is 0. The number of carbonyl (C=O) groups is 2. The van der Waals surface area contributed by atoms with Crippen LogP contribution in [0, 0.1) is 5.41 Å². The molecule has 4 heteroatoms. The predicted octanol–water partition coefficient (Wildman–Crippen LogP) is 3.61. The van der Waals surface area contributed by atoms with Gasteiger partial charge in [-0.3, -0.25) is 9.59 Å². The third-order valence-electron chi connectivity index (χ3n) is 6.05. The predicted molar refractivity (Wildman–Crippen MR) is 99.1 cm³/mol. The van der Waals surface area contributed by atoms with Crippen molar-refractivity contribution >= 4 is 11.8 Å². The maximum absolute atomic E-state index is 12.6. The Labute approximate surface area is 151 Å². The highest BCUT2D eigenvalue weighted by Crippen LogP contribution is 2.44. The standard InChI is InChI=1S/C21H30N2O2/c1-3-10-21(11-6-12-21)15-22-20(25)14-19-18-8-5-4-7-17(18)9-13-23(19)16(2)24/h4-5,7-8,19H,3,6,9-15H2,1-2H3,(H,22,25)/t19-/m1/s1. The molecule has 2 amide bonds. The average molecular weight is 342 g/mol. The van der Waals surface area contributed by atoms with Gasteiger partial charge >= 0.3 is 0 Å². The molecule has 0 spiro atoms. The summed E-state index contributed by atoms with van der Waals surface area (Å²) in [5.41, 5.74) is 2.72. The van der Waals surface area contributed by atoms with E-state index in [2.05, 4.69) is 24.4 Å². The summed E-state index contributed by atoms with van der Waals surface area (Å²) in [4.78, 5) is 26.5. The number of hydrogen-bond acceptors (Lipinski definition) is 2. The molecule has 3 rings (SSSR count). The zero-order valence-electron chi connectivity index (χ0n) is 15.5. The lowest BCUT2D eigenvalue weighted by Crippen LogP contribution is -2.44. The van der Waals surface area contributed by atoms with E-state index >= 15 is 0 Å². The molecule has 1 aromatic carbocycles. The SMILES string of the molecule is CCCC1(CNC(=O)C[C@@H]2c3ccccc3CCN2C(C)=O)CCC1. The molecular weight excluding hydrogens is 312 g/mol. The Morgan fingerprint density at radius 1 is 1.28 bits per heavy atom. The Balaban J connectivity index is 1.67. The molecule has 136 valence electrons. The van der Waals surface area contributed by atoms with Crippen LogP contribution >= 0.6 is 0 Å². The lowest BCUT2D eigenvalue weighted by molar-refractivity contribution is -0.133. The van der Waals surface area contributed by atoms with Crippen molar-refractivity contribution in [1.29, 1.82) is 0 Å². The van der Waals surface area contributed by atoms with Crippen molar-refractivity contribution in [3.8, 4) is 0 Å². The van der Waals surface area contributed by atoms with Crippen LogP contribution in [0.25, 0.3) is 0 Å². The molecule has 4 nitrogen and oxygen atoms in total. The lowest BCUT2D eigenvalue weighted by atomic mass is 9.66. The van der Waals surface area contributed by atoms with Crippen LogP contribution in [-0.4, -0.2) is 29.8 Å². The largest absolute Gasteiger partial charge is 0.355 e. The quantitative estimate of drug-likeness (QED) is 0.858. The molecule has 0 radical (unpaired) electrons. The van der Waals surface area contributed by atoms with Gasteiger partial charge in [-0.2, -0.15) is 0 Å². The van der Waals surface area contributed by atoms with Crippen molar-refractivity contribution < 1.29 is 9.59 Å². The van der Waals surface area contributed by atoms with Gasteiger partial charge in [0.05, 0.1) is 12.5 Å². The normalized spacial score (nSPS) is 21.2. The average Bonchev–Trinajstić information content (AvgIpc) is 2.57. The molecule has 1 saturated carbocycles. The molecule has 0 aromatic heterocycles. The fourth-order valence-electron chi connectivity index (χ4n) is 4.50. The maximum Gasteiger partial charge on any atom is 0.222 e. The van der Waals surface area contributed by atoms with Crippen LogP contribution in [0.2, 0.25) is 0 Å². The van der Waals surface area contributed by atoms with Crippen LogP contribution in [0.15, 0.2) is 24.3 Å². The Kier molecular flexibility index (Phi) is 5.45. The molecule has 25 heavy (non-hydrogen) atoms. The highest BCUT2D eigenvalue weighted by atomic mass is 16.2. The highest BCUT2D eigenvalue weighted by Gasteiger charge is 2.37. The minimum absolute atomic E-state index is 0.0498. The first-order chi connectivity index (χ1) is 12.0. The van der Waals surface area contributed by atoms with Crippen molar-refractivity contribution in [2.45, 2.75) is 64.8 Å². The van der Waals surface area contributed by atoms with E-state index in [1.54, 1.807) is 6.92 Å². The summed E-state index contributed by atoms with van der Waals surface area (Å²) in [6.07, 6.45) is 7.33. The fraction of sp³-hybridized carbons (Fsp3) is 0.619. The minimum atomic E-state index is -0.133. The fourth-order valence-corrected chi connectivity index (χ4v) is 4.50. The summed E-state index contributed by atoms with van der Waals surface area (Å²) in [5.74, 6) is 0.115. The first-order valence-corrected chi connectivity index (χ1v) is 9.66. The van der Waals surface area contributed by atoms with E-state index in [1.807, 2.05) is 17.0 Å². The second-order valence-electron chi connectivity index (χ2n) is 7.76. The minimum Gasteiger partial charge on any atom is -0.355 e. The number of benzene rings is 1. The van der Waals surface area contributed by atoms with E-state index in [0.29, 0.717) is 18.4 Å². The Hall–Kier alpha value is -1.84. The van der Waals surface area contributed by atoms with Gasteiger partial charge in [-0.25, -0.2) is 0 Å². The third-order valence-corrected chi connectivity index (χ3v) is 6.05. The summed E-state index contributed by atoms with van der Waals surface area (Å²) in [6, 6.07) is 8.07. The van der Waals surface area contributed by atoms with E-state index in [-0.39, 0.29) is 17.9 Å². The van der Waals surface area contributed by atoms with Crippen LogP contribution in [0.4, 0.5) is 0 Å². The van der Waals surface area contributed by atoms with Crippen LogP contribution in [0.5, 0.6) is 0 Å². The molecule has 1 heterocycles. The van der Waals surface area contributed by atoms with E-state index in [9.17, 15) is 9.59 Å². The van der Waals surface area contributed by atoms with E-state index in [1.165, 1.54) is 37.7 Å². The topological polar surface area (TPSA) is 49.4 Å². The van der Waals surface area contributed by atoms with Crippen molar-refractivity contribution in [3.63, 3.8) is 0 Å².